The SMILES string of the molecule is CCN(CC)c1ccc(N2C(=O)c3cccc4c(N5CCCC5)ccc(c34)C2=O)cc1. The van der Waals surface area contributed by atoms with Crippen LogP contribution in [0.4, 0.5) is 17.1 Å². The van der Waals surface area contributed by atoms with Crippen molar-refractivity contribution in [1.29, 1.82) is 0 Å². The summed E-state index contributed by atoms with van der Waals surface area (Å²) in [5, 5.41) is 1.79. The van der Waals surface area contributed by atoms with Crippen molar-refractivity contribution < 1.29 is 9.59 Å². The van der Waals surface area contributed by atoms with Crippen molar-refractivity contribution in [2.45, 2.75) is 26.7 Å². The third kappa shape index (κ3) is 3.07. The fraction of sp³-hybridized carbons (Fsp3) is 0.308. The van der Waals surface area contributed by atoms with Crippen LogP contribution >= 0.6 is 0 Å². The predicted molar refractivity (Wildman–Crippen MR) is 127 cm³/mol. The second kappa shape index (κ2) is 7.73. The van der Waals surface area contributed by atoms with Crippen molar-refractivity contribution in [2.75, 3.05) is 40.9 Å². The van der Waals surface area contributed by atoms with Gasteiger partial charge in [-0.1, -0.05) is 12.1 Å². The minimum Gasteiger partial charge on any atom is -0.372 e. The summed E-state index contributed by atoms with van der Waals surface area (Å²) in [6.07, 6.45) is 2.36. The molecule has 0 spiro atoms. The van der Waals surface area contributed by atoms with Crippen LogP contribution in [0.2, 0.25) is 0 Å². The Morgan fingerprint density at radius 1 is 0.806 bits per heavy atom. The van der Waals surface area contributed by atoms with Crippen LogP contribution in [0, 0.1) is 0 Å². The van der Waals surface area contributed by atoms with Crippen LogP contribution in [0.3, 0.4) is 0 Å². The molecule has 5 nitrogen and oxygen atoms in total. The minimum absolute atomic E-state index is 0.253. The molecule has 2 aliphatic rings. The van der Waals surface area contributed by atoms with Gasteiger partial charge in [-0.15, -0.1) is 0 Å². The second-order valence-corrected chi connectivity index (χ2v) is 8.19. The quantitative estimate of drug-likeness (QED) is 0.547. The van der Waals surface area contributed by atoms with E-state index in [0.717, 1.165) is 48.3 Å². The van der Waals surface area contributed by atoms with Crippen LogP contribution in [-0.4, -0.2) is 38.0 Å². The number of rotatable bonds is 5. The van der Waals surface area contributed by atoms with E-state index in [-0.39, 0.29) is 11.8 Å². The van der Waals surface area contributed by atoms with E-state index in [4.69, 9.17) is 0 Å². The molecule has 0 atom stereocenters. The zero-order valence-electron chi connectivity index (χ0n) is 18.1. The highest BCUT2D eigenvalue weighted by atomic mass is 16.2. The number of anilines is 3. The number of nitrogens with zero attached hydrogens (tertiary/aromatic N) is 3. The Hall–Kier alpha value is -3.34. The van der Waals surface area contributed by atoms with Gasteiger partial charge in [0.15, 0.2) is 0 Å². The maximum Gasteiger partial charge on any atom is 0.265 e. The summed E-state index contributed by atoms with van der Waals surface area (Å²) in [7, 11) is 0. The van der Waals surface area contributed by atoms with Crippen molar-refractivity contribution in [3.63, 3.8) is 0 Å². The number of amides is 2. The molecule has 0 aromatic heterocycles. The Bertz CT molecular complexity index is 1140. The molecule has 0 radical (unpaired) electrons. The van der Waals surface area contributed by atoms with Gasteiger partial charge in [-0.2, -0.15) is 0 Å². The largest absolute Gasteiger partial charge is 0.372 e. The molecule has 0 saturated carbocycles. The number of carbonyl (C=O) groups is 2. The van der Waals surface area contributed by atoms with Crippen molar-refractivity contribution in [1.82, 2.24) is 0 Å². The third-order valence-corrected chi connectivity index (χ3v) is 6.57. The summed E-state index contributed by atoms with van der Waals surface area (Å²) >= 11 is 0. The summed E-state index contributed by atoms with van der Waals surface area (Å²) in [5.41, 5.74) is 4.01. The van der Waals surface area contributed by atoms with Crippen LogP contribution in [0.1, 0.15) is 47.4 Å². The molecule has 2 heterocycles. The van der Waals surface area contributed by atoms with E-state index in [9.17, 15) is 9.59 Å². The highest BCUT2D eigenvalue weighted by molar-refractivity contribution is 6.36. The van der Waals surface area contributed by atoms with Crippen LogP contribution in [-0.2, 0) is 0 Å². The van der Waals surface area contributed by atoms with Gasteiger partial charge in [0.25, 0.3) is 11.8 Å². The molecule has 1 fully saturated rings. The summed E-state index contributed by atoms with van der Waals surface area (Å²) in [5.74, 6) is -0.505. The first kappa shape index (κ1) is 19.6. The summed E-state index contributed by atoms with van der Waals surface area (Å²) in [6, 6.07) is 17.4. The lowest BCUT2D eigenvalue weighted by molar-refractivity contribution is 0.0893. The molecule has 0 N–H and O–H groups in total. The van der Waals surface area contributed by atoms with Crippen LogP contribution in [0.25, 0.3) is 10.8 Å². The summed E-state index contributed by atoms with van der Waals surface area (Å²) in [6.45, 7) is 8.08. The van der Waals surface area contributed by atoms with Gasteiger partial charge in [-0.3, -0.25) is 9.59 Å². The molecular weight excluding hydrogens is 386 g/mol. The highest BCUT2D eigenvalue weighted by Gasteiger charge is 2.35. The number of imide groups is 1. The Morgan fingerprint density at radius 2 is 1.45 bits per heavy atom. The normalized spacial score (nSPS) is 15.8. The molecule has 5 heteroatoms. The topological polar surface area (TPSA) is 43.9 Å². The van der Waals surface area contributed by atoms with Gasteiger partial charge >= 0.3 is 0 Å². The zero-order chi connectivity index (χ0) is 21.5. The van der Waals surface area contributed by atoms with E-state index >= 15 is 0 Å². The predicted octanol–water partition coefficient (Wildman–Crippen LogP) is 5.09. The van der Waals surface area contributed by atoms with E-state index in [1.807, 2.05) is 54.6 Å². The van der Waals surface area contributed by atoms with Gasteiger partial charge in [-0.05, 0) is 69.2 Å². The Balaban J connectivity index is 1.58. The number of carbonyl (C=O) groups excluding carboxylic acids is 2. The van der Waals surface area contributed by atoms with Crippen molar-refractivity contribution in [3.05, 3.63) is 65.7 Å². The zero-order valence-corrected chi connectivity index (χ0v) is 18.1. The molecule has 0 aliphatic carbocycles. The summed E-state index contributed by atoms with van der Waals surface area (Å²) in [4.78, 5) is 32.8. The molecule has 31 heavy (non-hydrogen) atoms. The van der Waals surface area contributed by atoms with Crippen LogP contribution in [0.15, 0.2) is 54.6 Å². The number of hydrogen-bond acceptors (Lipinski definition) is 4. The first-order valence-electron chi connectivity index (χ1n) is 11.2. The van der Waals surface area contributed by atoms with E-state index in [2.05, 4.69) is 23.6 Å². The van der Waals surface area contributed by atoms with Crippen molar-refractivity contribution >= 4 is 39.6 Å². The smallest absolute Gasteiger partial charge is 0.265 e. The van der Waals surface area contributed by atoms with Crippen molar-refractivity contribution in [2.24, 2.45) is 0 Å². The number of benzene rings is 3. The first-order valence-corrected chi connectivity index (χ1v) is 11.2. The first-order chi connectivity index (χ1) is 15.1. The lowest BCUT2D eigenvalue weighted by atomic mass is 9.92. The average Bonchev–Trinajstić information content (AvgIpc) is 3.34. The second-order valence-electron chi connectivity index (χ2n) is 8.19. The monoisotopic (exact) mass is 413 g/mol. The van der Waals surface area contributed by atoms with E-state index in [1.54, 1.807) is 0 Å². The molecule has 0 unspecified atom stereocenters. The van der Waals surface area contributed by atoms with Crippen LogP contribution < -0.4 is 14.7 Å². The minimum atomic E-state index is -0.253. The van der Waals surface area contributed by atoms with Gasteiger partial charge in [0.2, 0.25) is 0 Å². The highest BCUT2D eigenvalue weighted by Crippen LogP contribution is 2.38. The molecule has 158 valence electrons. The fourth-order valence-corrected chi connectivity index (χ4v) is 4.95. The molecule has 3 aromatic rings. The van der Waals surface area contributed by atoms with Gasteiger partial charge in [0.05, 0.1) is 5.69 Å². The molecule has 2 amide bonds. The van der Waals surface area contributed by atoms with Gasteiger partial charge in [0, 0.05) is 59.5 Å². The maximum atomic E-state index is 13.5. The molecule has 0 bridgehead atoms. The van der Waals surface area contributed by atoms with E-state index in [0.29, 0.717) is 16.8 Å². The molecule has 2 aliphatic heterocycles. The van der Waals surface area contributed by atoms with Gasteiger partial charge < -0.3 is 9.80 Å². The lowest BCUT2D eigenvalue weighted by Crippen LogP contribution is -2.40. The Labute approximate surface area is 182 Å². The number of hydrogen-bond donors (Lipinski definition) is 0. The lowest BCUT2D eigenvalue weighted by Gasteiger charge is -2.29. The maximum absolute atomic E-state index is 13.5. The van der Waals surface area contributed by atoms with Gasteiger partial charge in [-0.25, -0.2) is 4.90 Å². The molecule has 3 aromatic carbocycles. The molecular formula is C26H27N3O2. The Kier molecular flexibility index (Phi) is 4.89. The standard InChI is InChI=1S/C26H27N3O2/c1-3-27(4-2)18-10-12-19(13-11-18)29-25(30)21-9-7-8-20-23(28-16-5-6-17-28)15-14-22(24(20)21)26(29)31/h7-15H,3-6,16-17H2,1-2H3. The Morgan fingerprint density at radius 3 is 2.10 bits per heavy atom. The average molecular weight is 414 g/mol. The fourth-order valence-electron chi connectivity index (χ4n) is 4.95. The summed E-state index contributed by atoms with van der Waals surface area (Å²) < 4.78 is 0. The van der Waals surface area contributed by atoms with Crippen molar-refractivity contribution in [3.8, 4) is 0 Å². The van der Waals surface area contributed by atoms with Gasteiger partial charge in [0.1, 0.15) is 0 Å². The van der Waals surface area contributed by atoms with E-state index < -0.39 is 0 Å². The third-order valence-electron chi connectivity index (χ3n) is 6.57. The van der Waals surface area contributed by atoms with Crippen LogP contribution in [0.5, 0.6) is 0 Å². The molecule has 5 rings (SSSR count). The molecule has 1 saturated heterocycles. The van der Waals surface area contributed by atoms with E-state index in [1.165, 1.54) is 17.7 Å².